The van der Waals surface area contributed by atoms with Crippen LogP contribution in [0.2, 0.25) is 5.02 Å². The van der Waals surface area contributed by atoms with E-state index >= 15 is 0 Å². The van der Waals surface area contributed by atoms with E-state index in [1.165, 1.54) is 6.20 Å². The molecule has 0 spiro atoms. The van der Waals surface area contributed by atoms with E-state index in [0.717, 1.165) is 17.1 Å². The summed E-state index contributed by atoms with van der Waals surface area (Å²) >= 11 is 6.05. The van der Waals surface area contributed by atoms with Crippen LogP contribution in [0.5, 0.6) is 0 Å². The van der Waals surface area contributed by atoms with Crippen LogP contribution in [0.25, 0.3) is 0 Å². The monoisotopic (exact) mass is 281 g/mol. The van der Waals surface area contributed by atoms with Gasteiger partial charge in [0.1, 0.15) is 16.5 Å². The van der Waals surface area contributed by atoms with Crippen molar-refractivity contribution in [3.05, 3.63) is 34.4 Å². The second-order valence-electron chi connectivity index (χ2n) is 4.27. The van der Waals surface area contributed by atoms with Gasteiger partial charge in [-0.3, -0.25) is 5.43 Å². The van der Waals surface area contributed by atoms with Crippen molar-refractivity contribution < 1.29 is 4.42 Å². The fourth-order valence-electron chi connectivity index (χ4n) is 1.90. The summed E-state index contributed by atoms with van der Waals surface area (Å²) < 4.78 is 5.51. The number of anilines is 2. The number of hydrazine groups is 1. The fraction of sp³-hybridized carbons (Fsp3) is 0.333. The number of aromatic nitrogens is 2. The van der Waals surface area contributed by atoms with Crippen molar-refractivity contribution in [1.29, 1.82) is 0 Å². The predicted molar refractivity (Wildman–Crippen MR) is 75.1 cm³/mol. The molecule has 19 heavy (non-hydrogen) atoms. The minimum absolute atomic E-state index is 0.00970. The third-order valence-corrected chi connectivity index (χ3v) is 3.05. The Morgan fingerprint density at radius 3 is 2.74 bits per heavy atom. The van der Waals surface area contributed by atoms with E-state index in [-0.39, 0.29) is 6.04 Å². The topological polar surface area (TPSA) is 89.0 Å². The van der Waals surface area contributed by atoms with E-state index in [9.17, 15) is 0 Å². The van der Waals surface area contributed by atoms with Crippen LogP contribution in [0.3, 0.4) is 0 Å². The van der Waals surface area contributed by atoms with Crippen molar-refractivity contribution in [2.24, 2.45) is 5.84 Å². The number of halogens is 1. The number of nitrogens with one attached hydrogen (secondary N) is 2. The quantitative estimate of drug-likeness (QED) is 0.590. The van der Waals surface area contributed by atoms with Crippen LogP contribution < -0.4 is 16.6 Å². The molecule has 6 nitrogen and oxygen atoms in total. The number of nitrogens with zero attached hydrogens (tertiary/aromatic N) is 2. The number of nitrogens with two attached hydrogens (primary N) is 1. The van der Waals surface area contributed by atoms with Gasteiger partial charge in [-0.2, -0.15) is 4.98 Å². The van der Waals surface area contributed by atoms with Gasteiger partial charge in [0.2, 0.25) is 5.95 Å². The normalized spacial score (nSPS) is 12.3. The average Bonchev–Trinajstić information content (AvgIpc) is 2.71. The molecule has 102 valence electrons. The molecule has 0 fully saturated rings. The highest BCUT2D eigenvalue weighted by Crippen LogP contribution is 2.27. The molecule has 4 N–H and O–H groups in total. The zero-order valence-corrected chi connectivity index (χ0v) is 11.7. The Balaban J connectivity index is 2.23. The zero-order valence-electron chi connectivity index (χ0n) is 11.0. The lowest BCUT2D eigenvalue weighted by atomic mass is 10.1. The summed E-state index contributed by atoms with van der Waals surface area (Å²) in [6.45, 7) is 5.84. The highest BCUT2D eigenvalue weighted by molar-refractivity contribution is 6.32. The minimum atomic E-state index is 0.00970. The van der Waals surface area contributed by atoms with E-state index in [0.29, 0.717) is 16.8 Å². The smallest absolute Gasteiger partial charge is 0.239 e. The summed E-state index contributed by atoms with van der Waals surface area (Å²) in [7, 11) is 0. The molecule has 2 heterocycles. The predicted octanol–water partition coefficient (Wildman–Crippen LogP) is 2.80. The Morgan fingerprint density at radius 1 is 1.42 bits per heavy atom. The number of furan rings is 1. The molecule has 0 amide bonds. The molecule has 0 radical (unpaired) electrons. The van der Waals surface area contributed by atoms with Crippen molar-refractivity contribution in [3.63, 3.8) is 0 Å². The van der Waals surface area contributed by atoms with E-state index in [4.69, 9.17) is 21.9 Å². The second-order valence-corrected chi connectivity index (χ2v) is 4.68. The summed E-state index contributed by atoms with van der Waals surface area (Å²) in [5, 5.41) is 3.65. The molecule has 0 bridgehead atoms. The standard InChI is InChI=1S/C12H16ClN5O/c1-6-4-9(8(3)19-6)7(2)16-11-10(13)5-15-12(17-11)18-14/h4-5,7H,14H2,1-3H3,(H2,15,16,17,18). The minimum Gasteiger partial charge on any atom is -0.466 e. The number of hydrogen-bond donors (Lipinski definition) is 3. The lowest BCUT2D eigenvalue weighted by Gasteiger charge is -2.15. The zero-order chi connectivity index (χ0) is 14.0. The highest BCUT2D eigenvalue weighted by Gasteiger charge is 2.15. The maximum Gasteiger partial charge on any atom is 0.239 e. The summed E-state index contributed by atoms with van der Waals surface area (Å²) in [6, 6.07) is 2.00. The molecule has 1 unspecified atom stereocenters. The van der Waals surface area contributed by atoms with Gasteiger partial charge in [-0.05, 0) is 26.8 Å². The Morgan fingerprint density at radius 2 is 2.16 bits per heavy atom. The molecule has 0 aliphatic rings. The van der Waals surface area contributed by atoms with E-state index in [1.807, 2.05) is 26.8 Å². The van der Waals surface area contributed by atoms with Gasteiger partial charge in [-0.25, -0.2) is 10.8 Å². The van der Waals surface area contributed by atoms with Gasteiger partial charge in [-0.1, -0.05) is 11.6 Å². The summed E-state index contributed by atoms with van der Waals surface area (Å²) in [5.41, 5.74) is 3.45. The van der Waals surface area contributed by atoms with Gasteiger partial charge in [0.15, 0.2) is 5.82 Å². The number of rotatable bonds is 4. The molecule has 7 heteroatoms. The first-order chi connectivity index (χ1) is 9.01. The first kappa shape index (κ1) is 13.6. The van der Waals surface area contributed by atoms with Crippen molar-refractivity contribution in [2.45, 2.75) is 26.8 Å². The third-order valence-electron chi connectivity index (χ3n) is 2.77. The van der Waals surface area contributed by atoms with E-state index in [2.05, 4.69) is 20.7 Å². The molecular weight excluding hydrogens is 266 g/mol. The van der Waals surface area contributed by atoms with Crippen LogP contribution in [-0.2, 0) is 0 Å². The molecule has 2 aromatic rings. The SMILES string of the molecule is Cc1cc(C(C)Nc2nc(NN)ncc2Cl)c(C)o1. The maximum absolute atomic E-state index is 6.05. The van der Waals surface area contributed by atoms with Gasteiger partial charge in [0.05, 0.1) is 12.2 Å². The van der Waals surface area contributed by atoms with Gasteiger partial charge in [-0.15, -0.1) is 0 Å². The van der Waals surface area contributed by atoms with Crippen LogP contribution >= 0.6 is 11.6 Å². The van der Waals surface area contributed by atoms with E-state index < -0.39 is 0 Å². The molecule has 0 saturated carbocycles. The molecule has 2 rings (SSSR count). The van der Waals surface area contributed by atoms with Crippen LogP contribution in [-0.4, -0.2) is 9.97 Å². The Kier molecular flexibility index (Phi) is 3.92. The van der Waals surface area contributed by atoms with Gasteiger partial charge in [0.25, 0.3) is 0 Å². The van der Waals surface area contributed by atoms with Crippen molar-refractivity contribution in [1.82, 2.24) is 9.97 Å². The first-order valence-electron chi connectivity index (χ1n) is 5.84. The summed E-state index contributed by atoms with van der Waals surface area (Å²) in [5.74, 6) is 7.85. The Labute approximate surface area is 116 Å². The van der Waals surface area contributed by atoms with E-state index in [1.54, 1.807) is 0 Å². The van der Waals surface area contributed by atoms with Crippen molar-refractivity contribution in [3.8, 4) is 0 Å². The molecule has 0 aliphatic carbocycles. The molecule has 2 aromatic heterocycles. The van der Waals surface area contributed by atoms with Crippen LogP contribution in [0.4, 0.5) is 11.8 Å². The Bertz CT molecular complexity index is 583. The van der Waals surface area contributed by atoms with Crippen LogP contribution in [0.1, 0.15) is 30.0 Å². The first-order valence-corrected chi connectivity index (χ1v) is 6.21. The average molecular weight is 282 g/mol. The lowest BCUT2D eigenvalue weighted by molar-refractivity contribution is 0.500. The maximum atomic E-state index is 6.05. The van der Waals surface area contributed by atoms with Crippen LogP contribution in [0, 0.1) is 13.8 Å². The summed E-state index contributed by atoms with van der Waals surface area (Å²) in [6.07, 6.45) is 1.49. The molecule has 0 saturated heterocycles. The van der Waals surface area contributed by atoms with Gasteiger partial charge >= 0.3 is 0 Å². The largest absolute Gasteiger partial charge is 0.466 e. The molecule has 0 aliphatic heterocycles. The van der Waals surface area contributed by atoms with Crippen LogP contribution in [0.15, 0.2) is 16.7 Å². The number of nitrogen functional groups attached to an aromatic ring is 1. The highest BCUT2D eigenvalue weighted by atomic mass is 35.5. The van der Waals surface area contributed by atoms with Crippen molar-refractivity contribution in [2.75, 3.05) is 10.7 Å². The van der Waals surface area contributed by atoms with Gasteiger partial charge in [0, 0.05) is 5.56 Å². The van der Waals surface area contributed by atoms with Crippen molar-refractivity contribution >= 4 is 23.4 Å². The van der Waals surface area contributed by atoms with Gasteiger partial charge < -0.3 is 9.73 Å². The Hall–Kier alpha value is -1.79. The molecule has 0 aromatic carbocycles. The molecular formula is C12H16ClN5O. The third kappa shape index (κ3) is 2.97. The number of aryl methyl sites for hydroxylation is 2. The fourth-order valence-corrected chi connectivity index (χ4v) is 2.05. The summed E-state index contributed by atoms with van der Waals surface area (Å²) in [4.78, 5) is 8.09. The second kappa shape index (κ2) is 5.46. The lowest BCUT2D eigenvalue weighted by Crippen LogP contribution is -2.13. The molecule has 1 atom stereocenters. The number of hydrogen-bond acceptors (Lipinski definition) is 6.